The quantitative estimate of drug-likeness (QED) is 0.380. The predicted octanol–water partition coefficient (Wildman–Crippen LogP) is 3.94. The summed E-state index contributed by atoms with van der Waals surface area (Å²) in [5.74, 6) is -0.260. The van der Waals surface area contributed by atoms with Gasteiger partial charge in [0.15, 0.2) is 0 Å². The molecule has 0 unspecified atom stereocenters. The summed E-state index contributed by atoms with van der Waals surface area (Å²) in [5, 5.41) is 0. The Bertz CT molecular complexity index is 734. The van der Waals surface area contributed by atoms with Crippen molar-refractivity contribution in [1.82, 2.24) is 10.9 Å². The highest BCUT2D eigenvalue weighted by molar-refractivity contribution is 14.1. The van der Waals surface area contributed by atoms with Gasteiger partial charge in [0.2, 0.25) is 0 Å². The van der Waals surface area contributed by atoms with Crippen molar-refractivity contribution < 1.29 is 14.3 Å². The number of benzene rings is 2. The summed E-state index contributed by atoms with van der Waals surface area (Å²) < 4.78 is 6.51. The lowest BCUT2D eigenvalue weighted by molar-refractivity contribution is 0.0843. The molecule has 25 heavy (non-hydrogen) atoms. The lowest BCUT2D eigenvalue weighted by atomic mass is 10.2. The molecule has 0 aliphatic carbocycles. The summed E-state index contributed by atoms with van der Waals surface area (Å²) in [5.41, 5.74) is 5.79. The molecule has 0 saturated heterocycles. The van der Waals surface area contributed by atoms with Crippen molar-refractivity contribution in [2.75, 3.05) is 6.61 Å². The molecule has 132 valence electrons. The number of hydrogen-bond donors (Lipinski definition) is 2. The number of rotatable bonds is 7. The van der Waals surface area contributed by atoms with Gasteiger partial charge in [0, 0.05) is 3.57 Å². The number of amides is 2. The molecule has 2 N–H and O–H groups in total. The highest BCUT2D eigenvalue weighted by Gasteiger charge is 2.14. The van der Waals surface area contributed by atoms with Gasteiger partial charge in [0.25, 0.3) is 11.8 Å². The number of hydrazine groups is 1. The lowest BCUT2D eigenvalue weighted by Crippen LogP contribution is -2.42. The Morgan fingerprint density at radius 3 is 2.20 bits per heavy atom. The maximum absolute atomic E-state index is 12.4. The number of ether oxygens (including phenoxy) is 1. The van der Waals surface area contributed by atoms with E-state index in [0.29, 0.717) is 23.5 Å². The van der Waals surface area contributed by atoms with Crippen molar-refractivity contribution >= 4 is 34.4 Å². The number of halogens is 1. The Balaban J connectivity index is 1.96. The topological polar surface area (TPSA) is 67.4 Å². The van der Waals surface area contributed by atoms with Gasteiger partial charge in [-0.05, 0) is 53.3 Å². The van der Waals surface area contributed by atoms with Gasteiger partial charge in [0.05, 0.1) is 17.7 Å². The van der Waals surface area contributed by atoms with Gasteiger partial charge >= 0.3 is 0 Å². The standard InChI is InChI=1S/C19H21IN2O3/c1-2-3-8-13-25-17-12-7-5-10-15(17)19(24)22-21-18(23)14-9-4-6-11-16(14)20/h4-7,9-12H,2-3,8,13H2,1H3,(H,21,23)(H,22,24). The van der Waals surface area contributed by atoms with Crippen LogP contribution in [-0.4, -0.2) is 18.4 Å². The highest BCUT2D eigenvalue weighted by atomic mass is 127. The van der Waals surface area contributed by atoms with E-state index in [0.717, 1.165) is 22.8 Å². The van der Waals surface area contributed by atoms with Crippen LogP contribution in [-0.2, 0) is 0 Å². The number of para-hydroxylation sites is 1. The second kappa shape index (κ2) is 10.0. The van der Waals surface area contributed by atoms with Crippen LogP contribution < -0.4 is 15.6 Å². The van der Waals surface area contributed by atoms with Crippen molar-refractivity contribution in [3.05, 3.63) is 63.2 Å². The first-order valence-corrected chi connectivity index (χ1v) is 9.28. The van der Waals surface area contributed by atoms with Gasteiger partial charge in [0.1, 0.15) is 5.75 Å². The summed E-state index contributed by atoms with van der Waals surface area (Å²) >= 11 is 2.08. The van der Waals surface area contributed by atoms with E-state index in [4.69, 9.17) is 4.74 Å². The maximum Gasteiger partial charge on any atom is 0.273 e. The third-order valence-electron chi connectivity index (χ3n) is 3.55. The minimum absolute atomic E-state index is 0.361. The van der Waals surface area contributed by atoms with Crippen molar-refractivity contribution in [2.45, 2.75) is 26.2 Å². The van der Waals surface area contributed by atoms with Gasteiger partial charge < -0.3 is 4.74 Å². The Hall–Kier alpha value is -2.09. The highest BCUT2D eigenvalue weighted by Crippen LogP contribution is 2.18. The second-order valence-corrected chi connectivity index (χ2v) is 6.60. The zero-order valence-corrected chi connectivity index (χ0v) is 16.2. The molecule has 2 aromatic rings. The van der Waals surface area contributed by atoms with E-state index in [9.17, 15) is 9.59 Å². The normalized spacial score (nSPS) is 10.2. The predicted molar refractivity (Wildman–Crippen MR) is 106 cm³/mol. The van der Waals surface area contributed by atoms with E-state index in [1.165, 1.54) is 0 Å². The van der Waals surface area contributed by atoms with E-state index >= 15 is 0 Å². The minimum Gasteiger partial charge on any atom is -0.493 e. The SMILES string of the molecule is CCCCCOc1ccccc1C(=O)NNC(=O)c1ccccc1I. The Morgan fingerprint density at radius 1 is 0.920 bits per heavy atom. The zero-order chi connectivity index (χ0) is 18.1. The minimum atomic E-state index is -0.412. The van der Waals surface area contributed by atoms with Gasteiger partial charge in [-0.2, -0.15) is 0 Å². The average Bonchev–Trinajstić information content (AvgIpc) is 2.64. The fraction of sp³-hybridized carbons (Fsp3) is 0.263. The van der Waals surface area contributed by atoms with Gasteiger partial charge in [-0.3, -0.25) is 20.4 Å². The molecule has 0 aliphatic rings. The first-order chi connectivity index (χ1) is 12.1. The van der Waals surface area contributed by atoms with Crippen molar-refractivity contribution in [3.63, 3.8) is 0 Å². The van der Waals surface area contributed by atoms with Crippen LogP contribution in [0, 0.1) is 3.57 Å². The maximum atomic E-state index is 12.4. The number of nitrogens with one attached hydrogen (secondary N) is 2. The molecule has 0 fully saturated rings. The molecule has 0 heterocycles. The molecular weight excluding hydrogens is 431 g/mol. The van der Waals surface area contributed by atoms with Crippen LogP contribution in [0.15, 0.2) is 48.5 Å². The van der Waals surface area contributed by atoms with Crippen LogP contribution in [0.4, 0.5) is 0 Å². The fourth-order valence-corrected chi connectivity index (χ4v) is 2.84. The largest absolute Gasteiger partial charge is 0.493 e. The van der Waals surface area contributed by atoms with Crippen molar-refractivity contribution in [2.24, 2.45) is 0 Å². The van der Waals surface area contributed by atoms with Crippen molar-refractivity contribution in [1.29, 1.82) is 0 Å². The zero-order valence-electron chi connectivity index (χ0n) is 14.0. The monoisotopic (exact) mass is 452 g/mol. The smallest absolute Gasteiger partial charge is 0.273 e. The molecule has 0 atom stereocenters. The molecule has 2 amide bonds. The van der Waals surface area contributed by atoms with Crippen molar-refractivity contribution in [3.8, 4) is 5.75 Å². The molecule has 6 heteroatoms. The fourth-order valence-electron chi connectivity index (χ4n) is 2.21. The molecule has 0 spiro atoms. The molecule has 0 aliphatic heterocycles. The Labute approximate surface area is 161 Å². The van der Waals surface area contributed by atoms with Crippen LogP contribution in [0.25, 0.3) is 0 Å². The van der Waals surface area contributed by atoms with Gasteiger partial charge in [-0.15, -0.1) is 0 Å². The summed E-state index contributed by atoms with van der Waals surface area (Å²) in [6.07, 6.45) is 3.13. The molecule has 0 radical (unpaired) electrons. The van der Waals surface area contributed by atoms with E-state index in [2.05, 4.69) is 40.4 Å². The summed E-state index contributed by atoms with van der Waals surface area (Å²) in [6, 6.07) is 14.2. The van der Waals surface area contributed by atoms with Crippen LogP contribution in [0.1, 0.15) is 46.9 Å². The van der Waals surface area contributed by atoms with Crippen LogP contribution >= 0.6 is 22.6 Å². The molecule has 5 nitrogen and oxygen atoms in total. The number of unbranched alkanes of at least 4 members (excludes halogenated alkanes) is 2. The number of hydrogen-bond acceptors (Lipinski definition) is 3. The van der Waals surface area contributed by atoms with Crippen LogP contribution in [0.2, 0.25) is 0 Å². The number of carbonyl (C=O) groups excluding carboxylic acids is 2. The van der Waals surface area contributed by atoms with Crippen LogP contribution in [0.3, 0.4) is 0 Å². The second-order valence-electron chi connectivity index (χ2n) is 5.44. The molecule has 2 aromatic carbocycles. The van der Waals surface area contributed by atoms with E-state index in [-0.39, 0.29) is 5.91 Å². The number of carbonyl (C=O) groups is 2. The van der Waals surface area contributed by atoms with E-state index in [1.54, 1.807) is 30.3 Å². The Kier molecular flexibility index (Phi) is 7.72. The van der Waals surface area contributed by atoms with E-state index in [1.807, 2.05) is 18.2 Å². The molecular formula is C19H21IN2O3. The third kappa shape index (κ3) is 5.74. The van der Waals surface area contributed by atoms with E-state index < -0.39 is 5.91 Å². The summed E-state index contributed by atoms with van der Waals surface area (Å²) in [7, 11) is 0. The summed E-state index contributed by atoms with van der Waals surface area (Å²) in [4.78, 5) is 24.5. The summed E-state index contributed by atoms with van der Waals surface area (Å²) in [6.45, 7) is 2.69. The third-order valence-corrected chi connectivity index (χ3v) is 4.49. The molecule has 0 bridgehead atoms. The molecule has 0 aromatic heterocycles. The first kappa shape index (κ1) is 19.2. The molecule has 2 rings (SSSR count). The van der Waals surface area contributed by atoms with Gasteiger partial charge in [-0.1, -0.05) is 44.0 Å². The first-order valence-electron chi connectivity index (χ1n) is 8.20. The van der Waals surface area contributed by atoms with Gasteiger partial charge in [-0.25, -0.2) is 0 Å². The average molecular weight is 452 g/mol. The lowest BCUT2D eigenvalue weighted by Gasteiger charge is -2.12. The Morgan fingerprint density at radius 2 is 1.52 bits per heavy atom. The van der Waals surface area contributed by atoms with Crippen LogP contribution in [0.5, 0.6) is 5.75 Å². The molecule has 0 saturated carbocycles.